The Bertz CT molecular complexity index is 347. The van der Waals surface area contributed by atoms with Gasteiger partial charge in [0.05, 0.1) is 11.4 Å². The molecule has 0 unspecified atom stereocenters. The number of rotatable bonds is 1. The van der Waals surface area contributed by atoms with E-state index in [1.54, 1.807) is 19.2 Å². The number of nitrogens with two attached hydrogens (primary N) is 2. The fourth-order valence-corrected chi connectivity index (χ4v) is 1.13. The first-order valence-electron chi connectivity index (χ1n) is 3.94. The van der Waals surface area contributed by atoms with Crippen molar-refractivity contribution in [2.45, 2.75) is 6.92 Å². The molecule has 0 saturated carbocycles. The molecule has 0 aliphatic heterocycles. The first kappa shape index (κ1) is 9.38. The number of benzene rings is 1. The molecule has 4 heteroatoms. The molecule has 1 aromatic rings. The minimum atomic E-state index is -0.149. The highest BCUT2D eigenvalue weighted by molar-refractivity contribution is 5.97. The van der Waals surface area contributed by atoms with E-state index in [0.717, 1.165) is 5.56 Å². The van der Waals surface area contributed by atoms with Gasteiger partial charge in [0.25, 0.3) is 5.91 Å². The van der Waals surface area contributed by atoms with Crippen LogP contribution in [0.5, 0.6) is 0 Å². The number of hydrogen-bond donors (Lipinski definition) is 3. The molecule has 70 valence electrons. The normalized spacial score (nSPS) is 9.69. The smallest absolute Gasteiger partial charge is 0.251 e. The van der Waals surface area contributed by atoms with Crippen LogP contribution < -0.4 is 16.8 Å². The van der Waals surface area contributed by atoms with Crippen molar-refractivity contribution in [2.75, 3.05) is 18.5 Å². The molecule has 0 bridgehead atoms. The molecular weight excluding hydrogens is 166 g/mol. The molecular formula is C9H13N3O. The highest BCUT2D eigenvalue weighted by Crippen LogP contribution is 2.20. The lowest BCUT2D eigenvalue weighted by molar-refractivity contribution is 0.0962. The molecule has 0 spiro atoms. The highest BCUT2D eigenvalue weighted by atomic mass is 16.1. The number of nitrogen functional groups attached to an aromatic ring is 2. The Kier molecular flexibility index (Phi) is 2.41. The zero-order valence-electron chi connectivity index (χ0n) is 7.72. The highest BCUT2D eigenvalue weighted by Gasteiger charge is 2.08. The van der Waals surface area contributed by atoms with Crippen LogP contribution in [0.15, 0.2) is 12.1 Å². The summed E-state index contributed by atoms with van der Waals surface area (Å²) in [5, 5.41) is 2.53. The van der Waals surface area contributed by atoms with Crippen LogP contribution in [-0.4, -0.2) is 13.0 Å². The monoisotopic (exact) mass is 179 g/mol. The van der Waals surface area contributed by atoms with Crippen molar-refractivity contribution in [1.29, 1.82) is 0 Å². The van der Waals surface area contributed by atoms with Crippen molar-refractivity contribution in [3.8, 4) is 0 Å². The number of amides is 1. The van der Waals surface area contributed by atoms with Gasteiger partial charge in [-0.1, -0.05) is 0 Å². The van der Waals surface area contributed by atoms with Crippen molar-refractivity contribution in [1.82, 2.24) is 5.32 Å². The number of carbonyl (C=O) groups is 1. The van der Waals surface area contributed by atoms with E-state index in [0.29, 0.717) is 16.9 Å². The fourth-order valence-electron chi connectivity index (χ4n) is 1.13. The molecule has 0 fully saturated rings. The van der Waals surface area contributed by atoms with Gasteiger partial charge in [0.15, 0.2) is 0 Å². The summed E-state index contributed by atoms with van der Waals surface area (Å²) < 4.78 is 0. The molecule has 0 aliphatic rings. The zero-order chi connectivity index (χ0) is 10.0. The lowest BCUT2D eigenvalue weighted by Gasteiger charge is -2.07. The number of hydrogen-bond acceptors (Lipinski definition) is 3. The van der Waals surface area contributed by atoms with Crippen LogP contribution in [0.1, 0.15) is 15.9 Å². The molecule has 13 heavy (non-hydrogen) atoms. The Balaban J connectivity index is 3.23. The topological polar surface area (TPSA) is 81.1 Å². The van der Waals surface area contributed by atoms with E-state index in [2.05, 4.69) is 5.32 Å². The summed E-state index contributed by atoms with van der Waals surface area (Å²) in [7, 11) is 1.58. The average molecular weight is 179 g/mol. The van der Waals surface area contributed by atoms with Crippen molar-refractivity contribution < 1.29 is 4.79 Å². The van der Waals surface area contributed by atoms with E-state index < -0.39 is 0 Å². The minimum absolute atomic E-state index is 0.149. The van der Waals surface area contributed by atoms with Gasteiger partial charge in [0, 0.05) is 12.6 Å². The maximum Gasteiger partial charge on any atom is 0.251 e. The van der Waals surface area contributed by atoms with Gasteiger partial charge in [0.1, 0.15) is 0 Å². The van der Waals surface area contributed by atoms with Crippen molar-refractivity contribution in [2.24, 2.45) is 0 Å². The van der Waals surface area contributed by atoms with Gasteiger partial charge in [-0.2, -0.15) is 0 Å². The number of carbonyl (C=O) groups excluding carboxylic acids is 1. The zero-order valence-corrected chi connectivity index (χ0v) is 7.72. The molecule has 4 nitrogen and oxygen atoms in total. The summed E-state index contributed by atoms with van der Waals surface area (Å²) in [6.45, 7) is 1.82. The molecule has 0 heterocycles. The molecule has 0 aromatic heterocycles. The standard InChI is InChI=1S/C9H13N3O/c1-5-3-7(10)8(11)4-6(5)9(13)12-2/h3-4H,10-11H2,1-2H3,(H,12,13). The third-order valence-corrected chi connectivity index (χ3v) is 1.90. The summed E-state index contributed by atoms with van der Waals surface area (Å²) in [6.07, 6.45) is 0. The van der Waals surface area contributed by atoms with Gasteiger partial charge in [0.2, 0.25) is 0 Å². The Morgan fingerprint density at radius 1 is 1.31 bits per heavy atom. The van der Waals surface area contributed by atoms with Gasteiger partial charge in [-0.15, -0.1) is 0 Å². The summed E-state index contributed by atoms with van der Waals surface area (Å²) in [5.74, 6) is -0.149. The second-order valence-corrected chi connectivity index (χ2v) is 2.88. The number of aryl methyl sites for hydroxylation is 1. The largest absolute Gasteiger partial charge is 0.397 e. The fraction of sp³-hybridized carbons (Fsp3) is 0.222. The van der Waals surface area contributed by atoms with Crippen molar-refractivity contribution in [3.63, 3.8) is 0 Å². The summed E-state index contributed by atoms with van der Waals surface area (Å²) in [5.41, 5.74) is 13.5. The first-order valence-corrected chi connectivity index (χ1v) is 3.94. The number of nitrogens with one attached hydrogen (secondary N) is 1. The van der Waals surface area contributed by atoms with Gasteiger partial charge in [-0.25, -0.2) is 0 Å². The maximum atomic E-state index is 11.3. The summed E-state index contributed by atoms with van der Waals surface area (Å²) in [6, 6.07) is 3.28. The van der Waals surface area contributed by atoms with Crippen molar-refractivity contribution in [3.05, 3.63) is 23.3 Å². The van der Waals surface area contributed by atoms with Gasteiger partial charge in [-0.05, 0) is 24.6 Å². The lowest BCUT2D eigenvalue weighted by atomic mass is 10.1. The van der Waals surface area contributed by atoms with Crippen molar-refractivity contribution >= 4 is 17.3 Å². The second kappa shape index (κ2) is 3.35. The van der Waals surface area contributed by atoms with E-state index in [4.69, 9.17) is 11.5 Å². The van der Waals surface area contributed by atoms with Gasteiger partial charge >= 0.3 is 0 Å². The predicted octanol–water partition coefficient (Wildman–Crippen LogP) is 0.519. The van der Waals surface area contributed by atoms with Crippen LogP contribution in [-0.2, 0) is 0 Å². The Morgan fingerprint density at radius 3 is 2.38 bits per heavy atom. The van der Waals surface area contributed by atoms with Crippen LogP contribution in [0.3, 0.4) is 0 Å². The van der Waals surface area contributed by atoms with Crippen LogP contribution in [0.2, 0.25) is 0 Å². The van der Waals surface area contributed by atoms with E-state index in [1.807, 2.05) is 6.92 Å². The molecule has 5 N–H and O–H groups in total. The van der Waals surface area contributed by atoms with E-state index >= 15 is 0 Å². The summed E-state index contributed by atoms with van der Waals surface area (Å²) in [4.78, 5) is 11.3. The number of anilines is 2. The van der Waals surface area contributed by atoms with E-state index in [-0.39, 0.29) is 5.91 Å². The van der Waals surface area contributed by atoms with Crippen LogP contribution in [0, 0.1) is 6.92 Å². The Labute approximate surface area is 76.9 Å². The quantitative estimate of drug-likeness (QED) is 0.550. The average Bonchev–Trinajstić information content (AvgIpc) is 2.10. The molecule has 0 atom stereocenters. The van der Waals surface area contributed by atoms with Crippen LogP contribution in [0.4, 0.5) is 11.4 Å². The molecule has 0 radical (unpaired) electrons. The minimum Gasteiger partial charge on any atom is -0.397 e. The summed E-state index contributed by atoms with van der Waals surface area (Å²) >= 11 is 0. The Hall–Kier alpha value is -1.71. The third kappa shape index (κ3) is 1.72. The molecule has 1 amide bonds. The lowest BCUT2D eigenvalue weighted by Crippen LogP contribution is -2.19. The molecule has 1 aromatic carbocycles. The second-order valence-electron chi connectivity index (χ2n) is 2.88. The third-order valence-electron chi connectivity index (χ3n) is 1.90. The van der Waals surface area contributed by atoms with E-state index in [1.165, 1.54) is 0 Å². The maximum absolute atomic E-state index is 11.3. The molecule has 0 saturated heterocycles. The molecule has 1 rings (SSSR count). The van der Waals surface area contributed by atoms with E-state index in [9.17, 15) is 4.79 Å². The Morgan fingerprint density at radius 2 is 1.85 bits per heavy atom. The molecule has 0 aliphatic carbocycles. The van der Waals surface area contributed by atoms with Crippen LogP contribution >= 0.6 is 0 Å². The van der Waals surface area contributed by atoms with Crippen LogP contribution in [0.25, 0.3) is 0 Å². The van der Waals surface area contributed by atoms with Gasteiger partial charge < -0.3 is 16.8 Å². The predicted molar refractivity (Wildman–Crippen MR) is 53.4 cm³/mol. The van der Waals surface area contributed by atoms with Gasteiger partial charge in [-0.3, -0.25) is 4.79 Å². The SMILES string of the molecule is CNC(=O)c1cc(N)c(N)cc1C. The first-order chi connectivity index (χ1) is 6.06.